The average molecular weight is 156 g/mol. The predicted octanol–water partition coefficient (Wildman–Crippen LogP) is 0.962. The zero-order valence-corrected chi connectivity index (χ0v) is 6.34. The number of hydrogen-bond acceptors (Lipinski definition) is 2. The van der Waals surface area contributed by atoms with Gasteiger partial charge in [-0.25, -0.2) is 4.39 Å². The second kappa shape index (κ2) is 3.20. The largest absolute Gasteiger partial charge is 0.484 e. The minimum absolute atomic E-state index is 0.158. The van der Waals surface area contributed by atoms with Crippen LogP contribution in [0.3, 0.4) is 0 Å². The van der Waals surface area contributed by atoms with Crippen molar-refractivity contribution >= 4 is 7.12 Å². The standard InChI is InChI=1S/C7H10BFO2/c1-5-4-6(8(10)11)2-3-7(5)9/h4,10-11H,2-3H2,1H3. The molecule has 0 aromatic rings. The van der Waals surface area contributed by atoms with E-state index >= 15 is 0 Å². The maximum absolute atomic E-state index is 12.7. The molecule has 0 aliphatic heterocycles. The molecule has 0 heterocycles. The summed E-state index contributed by atoms with van der Waals surface area (Å²) in [5, 5.41) is 17.4. The summed E-state index contributed by atoms with van der Waals surface area (Å²) in [6.45, 7) is 1.62. The van der Waals surface area contributed by atoms with Gasteiger partial charge in [-0.2, -0.15) is 0 Å². The molecule has 4 heteroatoms. The molecular formula is C7H10BFO2. The Labute approximate surface area is 65.2 Å². The Bertz CT molecular complexity index is 220. The molecule has 0 bridgehead atoms. The highest BCUT2D eigenvalue weighted by Gasteiger charge is 2.19. The van der Waals surface area contributed by atoms with Crippen LogP contribution in [0, 0.1) is 0 Å². The molecule has 0 saturated heterocycles. The Kier molecular flexibility index (Phi) is 2.47. The zero-order chi connectivity index (χ0) is 8.43. The number of rotatable bonds is 1. The normalized spacial score (nSPS) is 18.4. The molecule has 60 valence electrons. The fraction of sp³-hybridized carbons (Fsp3) is 0.429. The molecule has 0 radical (unpaired) electrons. The van der Waals surface area contributed by atoms with Crippen LogP contribution < -0.4 is 0 Å². The molecule has 0 amide bonds. The molecular weight excluding hydrogens is 146 g/mol. The lowest BCUT2D eigenvalue weighted by molar-refractivity contribution is 0.414. The van der Waals surface area contributed by atoms with Crippen molar-refractivity contribution < 1.29 is 14.4 Å². The molecule has 0 spiro atoms. The van der Waals surface area contributed by atoms with Crippen LogP contribution in [-0.4, -0.2) is 17.2 Å². The van der Waals surface area contributed by atoms with E-state index in [2.05, 4.69) is 0 Å². The fourth-order valence-electron chi connectivity index (χ4n) is 1.08. The molecule has 0 aromatic heterocycles. The highest BCUT2D eigenvalue weighted by atomic mass is 19.1. The maximum Gasteiger partial charge on any atom is 0.484 e. The van der Waals surface area contributed by atoms with Crippen molar-refractivity contribution in [1.29, 1.82) is 0 Å². The van der Waals surface area contributed by atoms with Crippen molar-refractivity contribution in [3.63, 3.8) is 0 Å². The molecule has 2 N–H and O–H groups in total. The summed E-state index contributed by atoms with van der Waals surface area (Å²) in [6, 6.07) is 0. The Hall–Kier alpha value is -0.605. The van der Waals surface area contributed by atoms with Crippen molar-refractivity contribution in [3.8, 4) is 0 Å². The summed E-state index contributed by atoms with van der Waals surface area (Å²) in [4.78, 5) is 0. The van der Waals surface area contributed by atoms with E-state index in [1.165, 1.54) is 6.08 Å². The van der Waals surface area contributed by atoms with E-state index in [9.17, 15) is 4.39 Å². The summed E-state index contributed by atoms with van der Waals surface area (Å²) < 4.78 is 12.7. The molecule has 0 saturated carbocycles. The SMILES string of the molecule is CC1=C(F)CCC(B(O)O)=C1. The third-order valence-corrected chi connectivity index (χ3v) is 1.79. The Morgan fingerprint density at radius 1 is 1.45 bits per heavy atom. The lowest BCUT2D eigenvalue weighted by atomic mass is 9.74. The van der Waals surface area contributed by atoms with E-state index in [0.717, 1.165) is 0 Å². The van der Waals surface area contributed by atoms with Gasteiger partial charge in [0.1, 0.15) is 5.83 Å². The van der Waals surface area contributed by atoms with Gasteiger partial charge in [-0.15, -0.1) is 0 Å². The maximum atomic E-state index is 12.7. The molecule has 1 aliphatic rings. The highest BCUT2D eigenvalue weighted by molar-refractivity contribution is 6.50. The Morgan fingerprint density at radius 2 is 2.09 bits per heavy atom. The Balaban J connectivity index is 2.81. The first-order valence-corrected chi connectivity index (χ1v) is 3.53. The van der Waals surface area contributed by atoms with Crippen LogP contribution >= 0.6 is 0 Å². The topological polar surface area (TPSA) is 40.5 Å². The molecule has 1 rings (SSSR count). The summed E-state index contributed by atoms with van der Waals surface area (Å²) in [6.07, 6.45) is 2.18. The van der Waals surface area contributed by atoms with Gasteiger partial charge in [0, 0.05) is 6.42 Å². The van der Waals surface area contributed by atoms with Gasteiger partial charge < -0.3 is 10.0 Å². The van der Waals surface area contributed by atoms with Crippen molar-refractivity contribution in [3.05, 3.63) is 22.9 Å². The molecule has 1 aliphatic carbocycles. The number of halogens is 1. The van der Waals surface area contributed by atoms with Gasteiger partial charge in [-0.3, -0.25) is 0 Å². The van der Waals surface area contributed by atoms with Gasteiger partial charge in [0.25, 0.3) is 0 Å². The van der Waals surface area contributed by atoms with Crippen LogP contribution in [0.25, 0.3) is 0 Å². The molecule has 0 atom stereocenters. The first-order valence-electron chi connectivity index (χ1n) is 3.53. The first-order chi connectivity index (χ1) is 5.11. The lowest BCUT2D eigenvalue weighted by Gasteiger charge is -2.11. The third-order valence-electron chi connectivity index (χ3n) is 1.79. The second-order valence-electron chi connectivity index (χ2n) is 2.68. The summed E-state index contributed by atoms with van der Waals surface area (Å²) >= 11 is 0. The minimum atomic E-state index is -1.43. The summed E-state index contributed by atoms with van der Waals surface area (Å²) in [5.74, 6) is -0.158. The van der Waals surface area contributed by atoms with Gasteiger partial charge in [0.2, 0.25) is 0 Å². The van der Waals surface area contributed by atoms with Crippen LogP contribution in [0.5, 0.6) is 0 Å². The van der Waals surface area contributed by atoms with Gasteiger partial charge in [-0.1, -0.05) is 6.08 Å². The van der Waals surface area contributed by atoms with Gasteiger partial charge >= 0.3 is 7.12 Å². The van der Waals surface area contributed by atoms with E-state index in [4.69, 9.17) is 10.0 Å². The first kappa shape index (κ1) is 8.49. The predicted molar refractivity (Wildman–Crippen MR) is 41.3 cm³/mol. The number of allylic oxidation sites excluding steroid dienone is 4. The fourth-order valence-corrected chi connectivity index (χ4v) is 1.08. The number of hydrogen-bond donors (Lipinski definition) is 2. The smallest absolute Gasteiger partial charge is 0.423 e. The highest BCUT2D eigenvalue weighted by Crippen LogP contribution is 2.24. The molecule has 0 fully saturated rings. The lowest BCUT2D eigenvalue weighted by Crippen LogP contribution is -2.17. The van der Waals surface area contributed by atoms with E-state index in [1.807, 2.05) is 0 Å². The van der Waals surface area contributed by atoms with Gasteiger partial charge in [-0.05, 0) is 24.4 Å². The van der Waals surface area contributed by atoms with E-state index in [0.29, 0.717) is 17.5 Å². The van der Waals surface area contributed by atoms with Crippen LogP contribution in [0.4, 0.5) is 4.39 Å². The summed E-state index contributed by atoms with van der Waals surface area (Å²) in [7, 11) is -1.43. The van der Waals surface area contributed by atoms with Crippen LogP contribution in [0.2, 0.25) is 0 Å². The van der Waals surface area contributed by atoms with Gasteiger partial charge in [0.05, 0.1) is 0 Å². The molecule has 11 heavy (non-hydrogen) atoms. The van der Waals surface area contributed by atoms with Crippen LogP contribution in [-0.2, 0) is 0 Å². The van der Waals surface area contributed by atoms with E-state index in [1.54, 1.807) is 6.92 Å². The second-order valence-corrected chi connectivity index (χ2v) is 2.68. The molecule has 0 aromatic carbocycles. The van der Waals surface area contributed by atoms with Crippen LogP contribution in [0.15, 0.2) is 22.9 Å². The van der Waals surface area contributed by atoms with Crippen molar-refractivity contribution in [2.45, 2.75) is 19.8 Å². The van der Waals surface area contributed by atoms with E-state index < -0.39 is 7.12 Å². The van der Waals surface area contributed by atoms with Crippen molar-refractivity contribution in [1.82, 2.24) is 0 Å². The quantitative estimate of drug-likeness (QED) is 0.555. The van der Waals surface area contributed by atoms with Crippen LogP contribution in [0.1, 0.15) is 19.8 Å². The van der Waals surface area contributed by atoms with Crippen molar-refractivity contribution in [2.24, 2.45) is 0 Å². The zero-order valence-electron chi connectivity index (χ0n) is 6.34. The van der Waals surface area contributed by atoms with Gasteiger partial charge in [0.15, 0.2) is 0 Å². The molecule has 0 unspecified atom stereocenters. The monoisotopic (exact) mass is 156 g/mol. The third kappa shape index (κ3) is 1.91. The summed E-state index contributed by atoms with van der Waals surface area (Å²) in [5.41, 5.74) is 0.989. The average Bonchev–Trinajstić information content (AvgIpc) is 1.94. The van der Waals surface area contributed by atoms with Crippen molar-refractivity contribution in [2.75, 3.05) is 0 Å². The Morgan fingerprint density at radius 3 is 2.55 bits per heavy atom. The molecule has 2 nitrogen and oxygen atoms in total. The van der Waals surface area contributed by atoms with E-state index in [-0.39, 0.29) is 12.2 Å². The minimum Gasteiger partial charge on any atom is -0.423 e.